The minimum Gasteiger partial charge on any atom is -0.872 e. The summed E-state index contributed by atoms with van der Waals surface area (Å²) in [7, 11) is -15.0. The Labute approximate surface area is 399 Å². The van der Waals surface area contributed by atoms with Gasteiger partial charge in [0, 0.05) is 22.9 Å². The molecule has 0 radical (unpaired) electrons. The molecular weight excluding hydrogens is 872 g/mol. The molecule has 0 aliphatic heterocycles. The Balaban J connectivity index is 0.00000310. The van der Waals surface area contributed by atoms with E-state index < -0.39 is 101 Å². The number of azo groups is 2. The zero-order chi connectivity index (χ0) is 40.7. The fraction of sp³-hybridized carbons (Fsp3) is 0. The first kappa shape index (κ1) is 49.5. The summed E-state index contributed by atoms with van der Waals surface area (Å²) in [4.78, 5) is 21.6. The van der Waals surface area contributed by atoms with Crippen molar-refractivity contribution in [1.29, 1.82) is 0 Å². The largest absolute Gasteiger partial charge is 1.00 e. The Morgan fingerprint density at radius 2 is 1.31 bits per heavy atom. The van der Waals surface area contributed by atoms with Gasteiger partial charge in [0.05, 0.1) is 42.4 Å². The number of nitro groups is 1. The van der Waals surface area contributed by atoms with Crippen molar-refractivity contribution in [2.24, 2.45) is 25.6 Å². The molecule has 0 bridgehead atoms. The molecule has 0 aromatic heterocycles. The minimum atomic E-state index is -5.05. The van der Waals surface area contributed by atoms with E-state index in [1.54, 1.807) is 0 Å². The van der Waals surface area contributed by atoms with Gasteiger partial charge in [-0.15, -0.1) is 10.2 Å². The molecule has 59 heavy (non-hydrogen) atoms. The number of rotatable bonds is 10. The fourth-order valence-corrected chi connectivity index (χ4v) is 6.96. The number of Topliss-reactive ketones (excluding diaryl/α,β-unsaturated/α-hetero) is 1. The fourth-order valence-electron chi connectivity index (χ4n) is 5.20. The number of ketones is 1. The van der Waals surface area contributed by atoms with Gasteiger partial charge in [0.25, 0.3) is 25.9 Å². The van der Waals surface area contributed by atoms with E-state index in [9.17, 15) is 64.0 Å². The molecule has 0 saturated heterocycles. The van der Waals surface area contributed by atoms with E-state index in [1.807, 2.05) is 0 Å². The quantitative estimate of drug-likeness (QED) is 0.0295. The van der Waals surface area contributed by atoms with E-state index in [2.05, 4.69) is 31.0 Å². The molecule has 6 rings (SSSR count). The topological polar surface area (TPSA) is 346 Å². The molecular formula is C32H18N7Na3O14S3. The van der Waals surface area contributed by atoms with Crippen LogP contribution in [0.25, 0.3) is 21.5 Å². The van der Waals surface area contributed by atoms with Crippen molar-refractivity contribution >= 4 is 86.1 Å². The smallest absolute Gasteiger partial charge is 0.872 e. The number of hydrogen-bond donors (Lipinski definition) is 3. The molecule has 0 heterocycles. The zero-order valence-corrected chi connectivity index (χ0v) is 38.8. The number of nitro benzene ring substituents is 1. The number of carbonyl (C=O) groups excluding carboxylic acids is 1. The molecule has 0 atom stereocenters. The second kappa shape index (κ2) is 19.3. The van der Waals surface area contributed by atoms with Gasteiger partial charge >= 0.3 is 88.7 Å². The molecule has 0 unspecified atom stereocenters. The van der Waals surface area contributed by atoms with Crippen LogP contribution in [0.3, 0.4) is 0 Å². The molecule has 1 aliphatic rings. The maximum absolute atomic E-state index is 13.7. The molecule has 286 valence electrons. The predicted molar refractivity (Wildman–Crippen MR) is 188 cm³/mol. The third-order valence-electron chi connectivity index (χ3n) is 7.74. The Morgan fingerprint density at radius 3 is 1.88 bits per heavy atom. The summed E-state index contributed by atoms with van der Waals surface area (Å²) >= 11 is 0. The number of nitrogens with one attached hydrogen (secondary N) is 1. The van der Waals surface area contributed by atoms with Gasteiger partial charge in [-0.05, 0) is 71.1 Å². The van der Waals surface area contributed by atoms with Gasteiger partial charge in [-0.2, -0.15) is 32.2 Å². The molecule has 5 aromatic rings. The van der Waals surface area contributed by atoms with Gasteiger partial charge < -0.3 is 14.8 Å². The van der Waals surface area contributed by atoms with Crippen LogP contribution in [0.4, 0.5) is 22.7 Å². The van der Waals surface area contributed by atoms with E-state index in [-0.39, 0.29) is 117 Å². The summed E-state index contributed by atoms with van der Waals surface area (Å²) in [6.07, 6.45) is 0.849. The van der Waals surface area contributed by atoms with E-state index >= 15 is 0 Å². The summed E-state index contributed by atoms with van der Waals surface area (Å²) in [5.41, 5.74) is -0.930. The molecule has 0 amide bonds. The molecule has 21 nitrogen and oxygen atoms in total. The summed E-state index contributed by atoms with van der Waals surface area (Å²) < 4.78 is 102. The predicted octanol–water partition coefficient (Wildman–Crippen LogP) is -5.24. The third kappa shape index (κ3) is 11.1. The number of hydrazone groups is 1. The number of allylic oxidation sites excluding steroid dienone is 3. The molecule has 1 aliphatic carbocycles. The normalized spacial score (nSPS) is 14.3. The van der Waals surface area contributed by atoms with Crippen LogP contribution >= 0.6 is 0 Å². The van der Waals surface area contributed by atoms with Crippen LogP contribution in [0.2, 0.25) is 0 Å². The molecule has 0 spiro atoms. The van der Waals surface area contributed by atoms with Crippen LogP contribution in [-0.2, 0) is 35.1 Å². The summed E-state index contributed by atoms with van der Waals surface area (Å²) in [5, 5.41) is 56.3. The van der Waals surface area contributed by atoms with Crippen molar-refractivity contribution in [3.8, 4) is 5.75 Å². The van der Waals surface area contributed by atoms with E-state index in [1.165, 1.54) is 36.4 Å². The van der Waals surface area contributed by atoms with E-state index in [4.69, 9.17) is 0 Å². The average molecular weight is 890 g/mol. The second-order valence-electron chi connectivity index (χ2n) is 11.3. The second-order valence-corrected chi connectivity index (χ2v) is 15.5. The van der Waals surface area contributed by atoms with Crippen molar-refractivity contribution < 1.29 is 148 Å². The standard InChI is InChI=1S/C32H21N7O14S3.3Na/c40-27-14-20(55(48,49)50)12-16-11-19(54(45,46)47)13-24(29(16)27)35-38-30-31(41)25(36-33-17-5-7-18(8-6-17)39(43)44)15-26(32(30)42)37-34-23-9-10-28(56(51,52)53)22-4-2-1-3-21(22)23;;;/h1-15,35,40,42H,(H,45,46,47)(H,48,49,50)(H,51,52,53);;;/q;3*+1/p-3. The van der Waals surface area contributed by atoms with Crippen molar-refractivity contribution in [2.75, 3.05) is 5.43 Å². The van der Waals surface area contributed by atoms with Gasteiger partial charge in [0.2, 0.25) is 5.78 Å². The van der Waals surface area contributed by atoms with E-state index in [0.717, 1.165) is 30.3 Å². The number of fused-ring (bicyclic) bond motifs is 2. The first-order chi connectivity index (χ1) is 26.2. The van der Waals surface area contributed by atoms with Gasteiger partial charge in [-0.1, -0.05) is 30.0 Å². The summed E-state index contributed by atoms with van der Waals surface area (Å²) in [5.74, 6) is -3.58. The monoisotopic (exact) mass is 889 g/mol. The Bertz CT molecular complexity index is 3050. The molecule has 0 fully saturated rings. The Kier molecular flexibility index (Phi) is 16.2. The van der Waals surface area contributed by atoms with Crippen LogP contribution in [-0.4, -0.2) is 55.3 Å². The number of anilines is 1. The van der Waals surface area contributed by atoms with Crippen LogP contribution in [0, 0.1) is 10.1 Å². The van der Waals surface area contributed by atoms with Crippen LogP contribution in [0.5, 0.6) is 5.75 Å². The van der Waals surface area contributed by atoms with Gasteiger partial charge in [-0.25, -0.2) is 8.42 Å². The first-order valence-corrected chi connectivity index (χ1v) is 19.3. The van der Waals surface area contributed by atoms with Crippen LogP contribution in [0.1, 0.15) is 0 Å². The molecule has 5 aromatic carbocycles. The third-order valence-corrected chi connectivity index (χ3v) is 10.3. The number of hydrogen-bond acceptors (Lipinski definition) is 18. The SMILES string of the molecule is O=C1C(N=Nc2ccc([N+](=O)[O-])cc2)=CC(N=Nc2ccc(S(=O)(=O)[O-])c3ccccc23)=C([O-])C1=NNc1cc(S(=O)(=O)O)cc2cc(S(=O)(=O)O)cc([O-])c12.[Na+].[Na+].[Na+]. The molecule has 27 heteroatoms. The number of nitrogens with zero attached hydrogens (tertiary/aromatic N) is 6. The Hall–Kier alpha value is -3.83. The van der Waals surface area contributed by atoms with Crippen molar-refractivity contribution in [1.82, 2.24) is 0 Å². The minimum absolute atomic E-state index is 0. The van der Waals surface area contributed by atoms with E-state index in [0.29, 0.717) is 24.3 Å². The van der Waals surface area contributed by atoms with Crippen molar-refractivity contribution in [3.63, 3.8) is 0 Å². The van der Waals surface area contributed by atoms with Crippen molar-refractivity contribution in [3.05, 3.63) is 118 Å². The maximum Gasteiger partial charge on any atom is 1.00 e. The zero-order valence-electron chi connectivity index (χ0n) is 30.4. The van der Waals surface area contributed by atoms with Gasteiger partial charge in [0.1, 0.15) is 21.5 Å². The number of carbonyl (C=O) groups is 1. The number of non-ortho nitro benzene ring substituents is 1. The first-order valence-electron chi connectivity index (χ1n) is 15.0. The van der Waals surface area contributed by atoms with Crippen LogP contribution < -0.4 is 104 Å². The van der Waals surface area contributed by atoms with Gasteiger partial charge in [0.15, 0.2) is 0 Å². The summed E-state index contributed by atoms with van der Waals surface area (Å²) in [6.45, 7) is 0. The molecule has 0 saturated carbocycles. The Morgan fingerprint density at radius 1 is 0.712 bits per heavy atom. The van der Waals surface area contributed by atoms with Crippen LogP contribution in [0.15, 0.2) is 148 Å². The van der Waals surface area contributed by atoms with Crippen molar-refractivity contribution in [2.45, 2.75) is 14.7 Å². The van der Waals surface area contributed by atoms with Gasteiger partial charge in [-0.3, -0.25) is 29.4 Å². The summed E-state index contributed by atoms with van der Waals surface area (Å²) in [6, 6.07) is 15.0. The average Bonchev–Trinajstić information content (AvgIpc) is 3.12. The number of benzene rings is 5. The molecule has 3 N–H and O–H groups in total. The maximum atomic E-state index is 13.7.